The minimum absolute atomic E-state index is 0.356. The smallest absolute Gasteiger partial charge is 0.256 e. The highest BCUT2D eigenvalue weighted by Crippen LogP contribution is 2.31. The summed E-state index contributed by atoms with van der Waals surface area (Å²) in [4.78, 5) is 2.43. The van der Waals surface area contributed by atoms with Crippen LogP contribution in [0.3, 0.4) is 0 Å². The van der Waals surface area contributed by atoms with Gasteiger partial charge in [0.05, 0.1) is 24.5 Å². The predicted octanol–water partition coefficient (Wildman–Crippen LogP) is 1.61. The van der Waals surface area contributed by atoms with E-state index < -0.39 is 0 Å². The van der Waals surface area contributed by atoms with Gasteiger partial charge in [0.25, 0.3) is 5.88 Å². The van der Waals surface area contributed by atoms with Gasteiger partial charge in [-0.3, -0.25) is 4.90 Å². The molecule has 1 saturated heterocycles. The molecule has 0 amide bonds. The summed E-state index contributed by atoms with van der Waals surface area (Å²) in [7, 11) is 1.55. The third-order valence-corrected chi connectivity index (χ3v) is 3.36. The van der Waals surface area contributed by atoms with Crippen molar-refractivity contribution in [2.45, 2.75) is 32.2 Å². The van der Waals surface area contributed by atoms with E-state index in [1.165, 1.54) is 12.8 Å². The molecule has 0 bridgehead atoms. The normalized spacial score (nSPS) is 21.4. The van der Waals surface area contributed by atoms with E-state index in [2.05, 4.69) is 22.0 Å². The van der Waals surface area contributed by atoms with Crippen molar-refractivity contribution in [1.82, 2.24) is 15.1 Å². The van der Waals surface area contributed by atoms with Crippen LogP contribution in [0.25, 0.3) is 0 Å². The molecule has 94 valence electrons. The van der Waals surface area contributed by atoms with Gasteiger partial charge >= 0.3 is 0 Å². The minimum Gasteiger partial charge on any atom is -0.478 e. The largest absolute Gasteiger partial charge is 0.478 e. The Balaban J connectivity index is 2.23. The molecule has 0 saturated carbocycles. The molecule has 2 rings (SSSR count). The number of likely N-dealkylation sites (tertiary alicyclic amines) is 1. The number of nitrogen functional groups attached to an aromatic ring is 1. The van der Waals surface area contributed by atoms with E-state index >= 15 is 0 Å². The number of methoxy groups -OCH3 is 1. The Morgan fingerprint density at radius 2 is 2.29 bits per heavy atom. The van der Waals surface area contributed by atoms with Gasteiger partial charge in [-0.1, -0.05) is 13.3 Å². The summed E-state index contributed by atoms with van der Waals surface area (Å²) in [5, 5.41) is 8.25. The summed E-state index contributed by atoms with van der Waals surface area (Å²) in [5.41, 5.74) is 7.41. The highest BCUT2D eigenvalue weighted by molar-refractivity contribution is 5.48. The Hall–Kier alpha value is -1.36. The first-order valence-corrected chi connectivity index (χ1v) is 6.17. The standard InChI is InChI=1S/C12H20N4O/c1-3-16-7-5-4-6-11(16)10-8-9(13)12(17-2)15-14-10/h8,11H,3-7H2,1-2H3,(H2,13,14). The number of nitrogens with zero attached hydrogens (tertiary/aromatic N) is 3. The van der Waals surface area contributed by atoms with Crippen molar-refractivity contribution in [1.29, 1.82) is 0 Å². The Morgan fingerprint density at radius 1 is 1.47 bits per heavy atom. The molecule has 0 radical (unpaired) electrons. The third-order valence-electron chi connectivity index (χ3n) is 3.36. The average Bonchev–Trinajstić information content (AvgIpc) is 2.38. The maximum atomic E-state index is 5.88. The zero-order chi connectivity index (χ0) is 12.3. The maximum Gasteiger partial charge on any atom is 0.256 e. The van der Waals surface area contributed by atoms with Gasteiger partial charge in [0.1, 0.15) is 0 Å². The van der Waals surface area contributed by atoms with Crippen molar-refractivity contribution in [3.63, 3.8) is 0 Å². The molecule has 1 aromatic heterocycles. The zero-order valence-corrected chi connectivity index (χ0v) is 10.5. The Bertz CT molecular complexity index is 383. The van der Waals surface area contributed by atoms with Crippen LogP contribution in [0.4, 0.5) is 5.69 Å². The van der Waals surface area contributed by atoms with Crippen LogP contribution < -0.4 is 10.5 Å². The molecule has 0 aromatic carbocycles. The molecular formula is C12H20N4O. The van der Waals surface area contributed by atoms with Gasteiger partial charge < -0.3 is 10.5 Å². The van der Waals surface area contributed by atoms with E-state index in [-0.39, 0.29) is 0 Å². The third kappa shape index (κ3) is 2.49. The number of anilines is 1. The summed E-state index contributed by atoms with van der Waals surface area (Å²) in [5.74, 6) is 0.410. The van der Waals surface area contributed by atoms with Gasteiger partial charge in [0.2, 0.25) is 0 Å². The van der Waals surface area contributed by atoms with Crippen LogP contribution in [-0.2, 0) is 0 Å². The van der Waals surface area contributed by atoms with Gasteiger partial charge in [-0.2, -0.15) is 5.10 Å². The van der Waals surface area contributed by atoms with E-state index in [4.69, 9.17) is 10.5 Å². The van der Waals surface area contributed by atoms with Crippen LogP contribution in [0, 0.1) is 0 Å². The lowest BCUT2D eigenvalue weighted by atomic mass is 9.99. The molecule has 1 aliphatic rings. The van der Waals surface area contributed by atoms with E-state index in [1.54, 1.807) is 7.11 Å². The van der Waals surface area contributed by atoms with Crippen molar-refractivity contribution in [3.8, 4) is 5.88 Å². The van der Waals surface area contributed by atoms with Crippen LogP contribution in [0.2, 0.25) is 0 Å². The Labute approximate surface area is 102 Å². The molecule has 1 atom stereocenters. The molecule has 1 fully saturated rings. The van der Waals surface area contributed by atoms with Gasteiger partial charge in [-0.15, -0.1) is 5.10 Å². The monoisotopic (exact) mass is 236 g/mol. The summed E-state index contributed by atoms with van der Waals surface area (Å²) >= 11 is 0. The van der Waals surface area contributed by atoms with E-state index in [1.807, 2.05) is 6.07 Å². The number of hydrogen-bond acceptors (Lipinski definition) is 5. The fourth-order valence-corrected chi connectivity index (χ4v) is 2.44. The van der Waals surface area contributed by atoms with Crippen LogP contribution in [0.5, 0.6) is 5.88 Å². The van der Waals surface area contributed by atoms with Crippen LogP contribution in [-0.4, -0.2) is 35.3 Å². The lowest BCUT2D eigenvalue weighted by Gasteiger charge is -2.34. The lowest BCUT2D eigenvalue weighted by Crippen LogP contribution is -2.33. The number of aromatic nitrogens is 2. The molecule has 1 aromatic rings. The van der Waals surface area contributed by atoms with Gasteiger partial charge in [0, 0.05) is 0 Å². The summed E-state index contributed by atoms with van der Waals surface area (Å²) < 4.78 is 5.03. The molecule has 1 aliphatic heterocycles. The molecule has 5 heteroatoms. The Morgan fingerprint density at radius 3 is 2.94 bits per heavy atom. The number of ether oxygens (including phenoxy) is 1. The molecule has 1 unspecified atom stereocenters. The molecule has 5 nitrogen and oxygen atoms in total. The molecule has 2 heterocycles. The van der Waals surface area contributed by atoms with E-state index in [9.17, 15) is 0 Å². The fraction of sp³-hybridized carbons (Fsp3) is 0.667. The van der Waals surface area contributed by atoms with Crippen molar-refractivity contribution in [2.24, 2.45) is 0 Å². The van der Waals surface area contributed by atoms with Crippen LogP contribution in [0.1, 0.15) is 37.9 Å². The number of piperidine rings is 1. The predicted molar refractivity (Wildman–Crippen MR) is 66.8 cm³/mol. The van der Waals surface area contributed by atoms with Crippen molar-refractivity contribution < 1.29 is 4.74 Å². The van der Waals surface area contributed by atoms with Crippen molar-refractivity contribution in [2.75, 3.05) is 25.9 Å². The van der Waals surface area contributed by atoms with Crippen molar-refractivity contribution >= 4 is 5.69 Å². The average molecular weight is 236 g/mol. The molecule has 0 aliphatic carbocycles. The highest BCUT2D eigenvalue weighted by atomic mass is 16.5. The van der Waals surface area contributed by atoms with Crippen LogP contribution >= 0.6 is 0 Å². The minimum atomic E-state index is 0.356. The fourth-order valence-electron chi connectivity index (χ4n) is 2.44. The maximum absolute atomic E-state index is 5.88. The second-order valence-corrected chi connectivity index (χ2v) is 4.37. The Kier molecular flexibility index (Phi) is 3.78. The van der Waals surface area contributed by atoms with Gasteiger partial charge in [0.15, 0.2) is 0 Å². The zero-order valence-electron chi connectivity index (χ0n) is 10.5. The lowest BCUT2D eigenvalue weighted by molar-refractivity contribution is 0.153. The molecule has 17 heavy (non-hydrogen) atoms. The SMILES string of the molecule is CCN1CCCCC1c1cc(N)c(OC)nn1. The number of nitrogens with two attached hydrogens (primary N) is 1. The van der Waals surface area contributed by atoms with E-state index in [0.717, 1.165) is 25.2 Å². The van der Waals surface area contributed by atoms with Crippen molar-refractivity contribution in [3.05, 3.63) is 11.8 Å². The second-order valence-electron chi connectivity index (χ2n) is 4.37. The van der Waals surface area contributed by atoms with Gasteiger partial charge in [-0.05, 0) is 32.0 Å². The summed E-state index contributed by atoms with van der Waals surface area (Å²) in [6.07, 6.45) is 3.65. The summed E-state index contributed by atoms with van der Waals surface area (Å²) in [6, 6.07) is 2.25. The topological polar surface area (TPSA) is 64.3 Å². The molecular weight excluding hydrogens is 216 g/mol. The summed E-state index contributed by atoms with van der Waals surface area (Å²) in [6.45, 7) is 4.35. The quantitative estimate of drug-likeness (QED) is 0.863. The molecule has 0 spiro atoms. The first kappa shape index (κ1) is 12.1. The van der Waals surface area contributed by atoms with Gasteiger partial charge in [-0.25, -0.2) is 0 Å². The number of hydrogen-bond donors (Lipinski definition) is 1. The van der Waals surface area contributed by atoms with Crippen LogP contribution in [0.15, 0.2) is 6.07 Å². The first-order chi connectivity index (χ1) is 8.26. The molecule has 2 N–H and O–H groups in total. The highest BCUT2D eigenvalue weighted by Gasteiger charge is 2.24. The number of rotatable bonds is 3. The second kappa shape index (κ2) is 5.31. The first-order valence-electron chi connectivity index (χ1n) is 6.17. The van der Waals surface area contributed by atoms with E-state index in [0.29, 0.717) is 17.6 Å².